The molecular formula is C24H25N3O3. The van der Waals surface area contributed by atoms with E-state index in [-0.39, 0.29) is 18.5 Å². The zero-order valence-corrected chi connectivity index (χ0v) is 17.0. The van der Waals surface area contributed by atoms with Crippen molar-refractivity contribution < 1.29 is 14.3 Å². The molecule has 0 spiro atoms. The van der Waals surface area contributed by atoms with Gasteiger partial charge >= 0.3 is 6.03 Å². The molecule has 1 saturated heterocycles. The minimum atomic E-state index is -0.139. The molecule has 1 N–H and O–H groups in total. The summed E-state index contributed by atoms with van der Waals surface area (Å²) in [5.74, 6) is 0.638. The molecule has 0 unspecified atom stereocenters. The molecule has 0 aliphatic carbocycles. The van der Waals surface area contributed by atoms with Gasteiger partial charge in [0.15, 0.2) is 6.61 Å². The molecule has 30 heavy (non-hydrogen) atoms. The summed E-state index contributed by atoms with van der Waals surface area (Å²) >= 11 is 0. The average molecular weight is 403 g/mol. The second-order valence-electron chi connectivity index (χ2n) is 7.43. The molecule has 154 valence electrons. The third-order valence-corrected chi connectivity index (χ3v) is 5.29. The summed E-state index contributed by atoms with van der Waals surface area (Å²) in [7, 11) is 0. The van der Waals surface area contributed by atoms with Crippen LogP contribution in [0.15, 0.2) is 66.7 Å². The molecule has 6 heteroatoms. The molecule has 0 saturated carbocycles. The van der Waals surface area contributed by atoms with Crippen molar-refractivity contribution in [2.45, 2.75) is 6.92 Å². The van der Waals surface area contributed by atoms with Crippen LogP contribution in [0.4, 0.5) is 10.5 Å². The van der Waals surface area contributed by atoms with Crippen molar-refractivity contribution in [1.29, 1.82) is 0 Å². The topological polar surface area (TPSA) is 61.9 Å². The summed E-state index contributed by atoms with van der Waals surface area (Å²) in [6.07, 6.45) is 0. The number of aryl methyl sites for hydroxylation is 1. The van der Waals surface area contributed by atoms with Crippen LogP contribution in [0.3, 0.4) is 0 Å². The maximum atomic E-state index is 12.6. The SMILES string of the molecule is Cc1cccc(NC(=O)N2CCN(C(=O)COc3cccc4ccccc34)CC2)c1. The van der Waals surface area contributed by atoms with Crippen molar-refractivity contribution in [2.24, 2.45) is 0 Å². The number of rotatable bonds is 4. The first-order chi connectivity index (χ1) is 14.6. The van der Waals surface area contributed by atoms with Gasteiger partial charge in [-0.15, -0.1) is 0 Å². The number of urea groups is 1. The first kappa shape index (κ1) is 19.8. The lowest BCUT2D eigenvalue weighted by molar-refractivity contribution is -0.134. The molecule has 3 aromatic rings. The maximum Gasteiger partial charge on any atom is 0.321 e. The lowest BCUT2D eigenvalue weighted by Gasteiger charge is -2.34. The number of hydrogen-bond acceptors (Lipinski definition) is 3. The van der Waals surface area contributed by atoms with Gasteiger partial charge in [0.1, 0.15) is 5.75 Å². The Morgan fingerprint density at radius 3 is 2.40 bits per heavy atom. The van der Waals surface area contributed by atoms with Gasteiger partial charge in [-0.2, -0.15) is 0 Å². The average Bonchev–Trinajstić information content (AvgIpc) is 2.77. The van der Waals surface area contributed by atoms with E-state index in [1.807, 2.05) is 73.7 Å². The predicted molar refractivity (Wildman–Crippen MR) is 118 cm³/mol. The largest absolute Gasteiger partial charge is 0.483 e. The van der Waals surface area contributed by atoms with Gasteiger partial charge in [-0.1, -0.05) is 48.5 Å². The van der Waals surface area contributed by atoms with Gasteiger partial charge in [-0.3, -0.25) is 4.79 Å². The van der Waals surface area contributed by atoms with Crippen molar-refractivity contribution in [1.82, 2.24) is 9.80 Å². The van der Waals surface area contributed by atoms with Crippen molar-refractivity contribution >= 4 is 28.4 Å². The Bertz CT molecular complexity index is 1050. The number of carbonyl (C=O) groups excluding carboxylic acids is 2. The van der Waals surface area contributed by atoms with Crippen molar-refractivity contribution in [3.8, 4) is 5.75 Å². The summed E-state index contributed by atoms with van der Waals surface area (Å²) in [6.45, 7) is 3.97. The number of nitrogens with one attached hydrogen (secondary N) is 1. The number of hydrogen-bond donors (Lipinski definition) is 1. The molecule has 0 aromatic heterocycles. The standard InChI is InChI=1S/C24H25N3O3/c1-18-6-4-9-20(16-18)25-24(29)27-14-12-26(13-15-27)23(28)17-30-22-11-5-8-19-7-2-3-10-21(19)22/h2-11,16H,12-15,17H2,1H3,(H,25,29). The molecule has 0 radical (unpaired) electrons. The molecule has 3 aromatic carbocycles. The molecule has 3 amide bonds. The predicted octanol–water partition coefficient (Wildman–Crippen LogP) is 3.90. The molecule has 1 heterocycles. The van der Waals surface area contributed by atoms with Crippen LogP contribution in [0.1, 0.15) is 5.56 Å². The number of fused-ring (bicyclic) bond motifs is 1. The summed E-state index contributed by atoms with van der Waals surface area (Å²) in [6, 6.07) is 21.3. The first-order valence-electron chi connectivity index (χ1n) is 10.1. The Kier molecular flexibility index (Phi) is 5.84. The third-order valence-electron chi connectivity index (χ3n) is 5.29. The van der Waals surface area contributed by atoms with Crippen molar-refractivity contribution in [2.75, 3.05) is 38.1 Å². The van der Waals surface area contributed by atoms with Crippen LogP contribution < -0.4 is 10.1 Å². The summed E-state index contributed by atoms with van der Waals surface area (Å²) < 4.78 is 5.81. The normalized spacial score (nSPS) is 13.9. The second-order valence-corrected chi connectivity index (χ2v) is 7.43. The van der Waals surface area contributed by atoms with E-state index in [4.69, 9.17) is 4.74 Å². The highest BCUT2D eigenvalue weighted by Crippen LogP contribution is 2.25. The van der Waals surface area contributed by atoms with E-state index in [0.717, 1.165) is 22.0 Å². The Hall–Kier alpha value is -3.54. The fourth-order valence-corrected chi connectivity index (χ4v) is 3.64. The van der Waals surface area contributed by atoms with Crippen LogP contribution in [0, 0.1) is 6.92 Å². The van der Waals surface area contributed by atoms with E-state index >= 15 is 0 Å². The highest BCUT2D eigenvalue weighted by atomic mass is 16.5. The number of amides is 3. The van der Waals surface area contributed by atoms with Crippen molar-refractivity contribution in [3.05, 3.63) is 72.3 Å². The zero-order valence-electron chi connectivity index (χ0n) is 17.0. The highest BCUT2D eigenvalue weighted by Gasteiger charge is 2.24. The van der Waals surface area contributed by atoms with E-state index in [0.29, 0.717) is 31.9 Å². The highest BCUT2D eigenvalue weighted by molar-refractivity contribution is 5.90. The molecular weight excluding hydrogens is 378 g/mol. The van der Waals surface area contributed by atoms with E-state index in [9.17, 15) is 9.59 Å². The monoisotopic (exact) mass is 403 g/mol. The Morgan fingerprint density at radius 1 is 0.900 bits per heavy atom. The van der Waals surface area contributed by atoms with Crippen LogP contribution in [-0.2, 0) is 4.79 Å². The molecule has 0 atom stereocenters. The fraction of sp³-hybridized carbons (Fsp3) is 0.250. The van der Waals surface area contributed by atoms with Gasteiger partial charge in [0.05, 0.1) is 0 Å². The summed E-state index contributed by atoms with van der Waals surface area (Å²) in [5.41, 5.74) is 1.87. The minimum absolute atomic E-state index is 0.0104. The van der Waals surface area contributed by atoms with Gasteiger partial charge in [0.25, 0.3) is 5.91 Å². The number of ether oxygens (including phenoxy) is 1. The van der Waals surface area contributed by atoms with Gasteiger partial charge in [0.2, 0.25) is 0 Å². The molecule has 1 fully saturated rings. The maximum absolute atomic E-state index is 12.6. The van der Waals surface area contributed by atoms with Crippen LogP contribution >= 0.6 is 0 Å². The van der Waals surface area contributed by atoms with Crippen molar-refractivity contribution in [3.63, 3.8) is 0 Å². The van der Waals surface area contributed by atoms with Crippen LogP contribution in [-0.4, -0.2) is 54.5 Å². The number of nitrogens with zero attached hydrogens (tertiary/aromatic N) is 2. The molecule has 1 aliphatic rings. The van der Waals surface area contributed by atoms with Gasteiger partial charge in [0, 0.05) is 37.3 Å². The number of carbonyl (C=O) groups is 2. The van der Waals surface area contributed by atoms with Gasteiger partial charge in [-0.05, 0) is 36.1 Å². The van der Waals surface area contributed by atoms with Gasteiger partial charge < -0.3 is 19.9 Å². The van der Waals surface area contributed by atoms with Crippen LogP contribution in [0.25, 0.3) is 10.8 Å². The lowest BCUT2D eigenvalue weighted by Crippen LogP contribution is -2.52. The molecule has 4 rings (SSSR count). The Labute approximate surface area is 176 Å². The quantitative estimate of drug-likeness (QED) is 0.719. The minimum Gasteiger partial charge on any atom is -0.483 e. The molecule has 0 bridgehead atoms. The van der Waals surface area contributed by atoms with E-state index in [1.165, 1.54) is 0 Å². The number of anilines is 1. The van der Waals surface area contributed by atoms with E-state index in [1.54, 1.807) is 9.80 Å². The third kappa shape index (κ3) is 4.54. The summed E-state index contributed by atoms with van der Waals surface area (Å²) in [4.78, 5) is 28.6. The smallest absolute Gasteiger partial charge is 0.321 e. The second kappa shape index (κ2) is 8.86. The number of benzene rings is 3. The summed E-state index contributed by atoms with van der Waals surface area (Å²) in [5, 5.41) is 4.99. The lowest BCUT2D eigenvalue weighted by atomic mass is 10.1. The van der Waals surface area contributed by atoms with Crippen LogP contribution in [0.5, 0.6) is 5.75 Å². The molecule has 1 aliphatic heterocycles. The van der Waals surface area contributed by atoms with E-state index < -0.39 is 0 Å². The Balaban J connectivity index is 1.28. The van der Waals surface area contributed by atoms with Gasteiger partial charge in [-0.25, -0.2) is 4.79 Å². The zero-order chi connectivity index (χ0) is 20.9. The Morgan fingerprint density at radius 2 is 1.60 bits per heavy atom. The van der Waals surface area contributed by atoms with E-state index in [2.05, 4.69) is 5.32 Å². The number of piperazine rings is 1. The first-order valence-corrected chi connectivity index (χ1v) is 10.1. The van der Waals surface area contributed by atoms with Crippen LogP contribution in [0.2, 0.25) is 0 Å². The fourth-order valence-electron chi connectivity index (χ4n) is 3.64. The molecule has 6 nitrogen and oxygen atoms in total.